The Morgan fingerprint density at radius 2 is 1.80 bits per heavy atom. The number of nitrogens with two attached hydrogens (primary N) is 1. The number of halogens is 1. The molecule has 2 N–H and O–H groups in total. The van der Waals surface area contributed by atoms with Gasteiger partial charge in [-0.15, -0.1) is 0 Å². The first-order valence-electron chi connectivity index (χ1n) is 5.56. The van der Waals surface area contributed by atoms with E-state index in [0.717, 1.165) is 12.0 Å². The molecule has 1 rings (SSSR count). The van der Waals surface area contributed by atoms with Gasteiger partial charge in [0.1, 0.15) is 6.17 Å². The molecule has 1 atom stereocenters. The zero-order valence-corrected chi connectivity index (χ0v) is 9.54. The predicted octanol–water partition coefficient (Wildman–Crippen LogP) is 3.24. The summed E-state index contributed by atoms with van der Waals surface area (Å²) >= 11 is 0. The highest BCUT2D eigenvalue weighted by Crippen LogP contribution is 2.21. The first-order chi connectivity index (χ1) is 7.13. The summed E-state index contributed by atoms with van der Waals surface area (Å²) in [5.41, 5.74) is 7.34. The molecule has 2 heteroatoms. The van der Waals surface area contributed by atoms with Gasteiger partial charge in [0.25, 0.3) is 0 Å². The van der Waals surface area contributed by atoms with E-state index < -0.39 is 6.17 Å². The van der Waals surface area contributed by atoms with Crippen LogP contribution in [0.1, 0.15) is 37.6 Å². The fourth-order valence-electron chi connectivity index (χ4n) is 1.65. The van der Waals surface area contributed by atoms with Gasteiger partial charge in [-0.1, -0.05) is 38.1 Å². The molecule has 0 aliphatic heterocycles. The van der Waals surface area contributed by atoms with Crippen molar-refractivity contribution < 1.29 is 4.39 Å². The SMILES string of the molecule is CC(C)Cc1ccc(C(F)CCN)cc1. The van der Waals surface area contributed by atoms with Crippen LogP contribution >= 0.6 is 0 Å². The highest BCUT2D eigenvalue weighted by atomic mass is 19.1. The van der Waals surface area contributed by atoms with Crippen molar-refractivity contribution in [2.45, 2.75) is 32.9 Å². The van der Waals surface area contributed by atoms with Crippen LogP contribution in [0.4, 0.5) is 4.39 Å². The second-order valence-electron chi connectivity index (χ2n) is 4.38. The molecule has 0 saturated heterocycles. The van der Waals surface area contributed by atoms with Gasteiger partial charge in [-0.3, -0.25) is 0 Å². The van der Waals surface area contributed by atoms with E-state index in [-0.39, 0.29) is 0 Å². The topological polar surface area (TPSA) is 26.0 Å². The zero-order valence-electron chi connectivity index (χ0n) is 9.54. The third-order valence-electron chi connectivity index (χ3n) is 2.41. The lowest BCUT2D eigenvalue weighted by molar-refractivity contribution is 0.327. The standard InChI is InChI=1S/C13H20FN/c1-10(2)9-11-3-5-12(6-4-11)13(14)7-8-15/h3-6,10,13H,7-9,15H2,1-2H3. The minimum absolute atomic E-state index is 0.398. The summed E-state index contributed by atoms with van der Waals surface area (Å²) in [6.07, 6.45) is 0.542. The molecule has 84 valence electrons. The van der Waals surface area contributed by atoms with Crippen molar-refractivity contribution in [2.75, 3.05) is 6.54 Å². The van der Waals surface area contributed by atoms with Crippen LogP contribution in [0.3, 0.4) is 0 Å². The van der Waals surface area contributed by atoms with E-state index in [9.17, 15) is 4.39 Å². The summed E-state index contributed by atoms with van der Waals surface area (Å²) in [4.78, 5) is 0. The molecule has 1 aromatic carbocycles. The van der Waals surface area contributed by atoms with Gasteiger partial charge in [-0.25, -0.2) is 4.39 Å². The Hall–Kier alpha value is -0.890. The molecule has 1 unspecified atom stereocenters. The average Bonchev–Trinajstić information content (AvgIpc) is 2.18. The van der Waals surface area contributed by atoms with Crippen LogP contribution in [0, 0.1) is 5.92 Å². The fourth-order valence-corrected chi connectivity index (χ4v) is 1.65. The summed E-state index contributed by atoms with van der Waals surface area (Å²) in [5, 5.41) is 0. The van der Waals surface area contributed by atoms with Gasteiger partial charge in [0.2, 0.25) is 0 Å². The summed E-state index contributed by atoms with van der Waals surface area (Å²) in [5.74, 6) is 0.640. The second kappa shape index (κ2) is 5.86. The van der Waals surface area contributed by atoms with Crippen LogP contribution in [-0.4, -0.2) is 6.54 Å². The Morgan fingerprint density at radius 1 is 1.20 bits per heavy atom. The summed E-state index contributed by atoms with van der Waals surface area (Å²) in [7, 11) is 0. The van der Waals surface area contributed by atoms with Crippen molar-refractivity contribution in [1.29, 1.82) is 0 Å². The Kier molecular flexibility index (Phi) is 4.76. The normalized spacial score (nSPS) is 13.1. The maximum atomic E-state index is 13.4. The molecule has 0 saturated carbocycles. The van der Waals surface area contributed by atoms with Crippen molar-refractivity contribution in [3.63, 3.8) is 0 Å². The van der Waals surface area contributed by atoms with E-state index >= 15 is 0 Å². The second-order valence-corrected chi connectivity index (χ2v) is 4.38. The first-order valence-corrected chi connectivity index (χ1v) is 5.56. The number of hydrogen-bond acceptors (Lipinski definition) is 1. The van der Waals surface area contributed by atoms with Crippen LogP contribution in [0.2, 0.25) is 0 Å². The number of alkyl halides is 1. The van der Waals surface area contributed by atoms with Gasteiger partial charge in [-0.2, -0.15) is 0 Å². The highest BCUT2D eigenvalue weighted by molar-refractivity contribution is 5.24. The van der Waals surface area contributed by atoms with E-state index in [4.69, 9.17) is 5.73 Å². The number of benzene rings is 1. The summed E-state index contributed by atoms with van der Waals surface area (Å²) < 4.78 is 13.4. The number of hydrogen-bond donors (Lipinski definition) is 1. The quantitative estimate of drug-likeness (QED) is 0.791. The van der Waals surface area contributed by atoms with Crippen LogP contribution < -0.4 is 5.73 Å². The Labute approximate surface area is 91.5 Å². The van der Waals surface area contributed by atoms with Crippen molar-refractivity contribution in [3.8, 4) is 0 Å². The summed E-state index contributed by atoms with van der Waals surface area (Å²) in [6.45, 7) is 4.76. The van der Waals surface area contributed by atoms with Gasteiger partial charge >= 0.3 is 0 Å². The van der Waals surface area contributed by atoms with Gasteiger partial charge < -0.3 is 5.73 Å². The third kappa shape index (κ3) is 4.00. The van der Waals surface area contributed by atoms with Crippen LogP contribution in [0.5, 0.6) is 0 Å². The molecule has 0 aliphatic rings. The summed E-state index contributed by atoms with van der Waals surface area (Å²) in [6, 6.07) is 7.77. The van der Waals surface area contributed by atoms with Crippen molar-refractivity contribution in [2.24, 2.45) is 11.7 Å². The zero-order chi connectivity index (χ0) is 11.3. The molecule has 1 aromatic rings. The molecular weight excluding hydrogens is 189 g/mol. The van der Waals surface area contributed by atoms with E-state index in [0.29, 0.717) is 18.9 Å². The molecular formula is C13H20FN. The van der Waals surface area contributed by atoms with Crippen LogP contribution in [0.25, 0.3) is 0 Å². The lowest BCUT2D eigenvalue weighted by Gasteiger charge is -2.09. The smallest absolute Gasteiger partial charge is 0.126 e. The minimum Gasteiger partial charge on any atom is -0.330 e. The third-order valence-corrected chi connectivity index (χ3v) is 2.41. The minimum atomic E-state index is -0.914. The molecule has 0 spiro atoms. The molecule has 0 aliphatic carbocycles. The monoisotopic (exact) mass is 209 g/mol. The average molecular weight is 209 g/mol. The van der Waals surface area contributed by atoms with Crippen LogP contribution in [-0.2, 0) is 6.42 Å². The molecule has 1 nitrogen and oxygen atoms in total. The highest BCUT2D eigenvalue weighted by Gasteiger charge is 2.08. The van der Waals surface area contributed by atoms with Gasteiger partial charge in [0.15, 0.2) is 0 Å². The van der Waals surface area contributed by atoms with Gasteiger partial charge in [-0.05, 0) is 36.4 Å². The Bertz CT molecular complexity index is 279. The van der Waals surface area contributed by atoms with Crippen LogP contribution in [0.15, 0.2) is 24.3 Å². The molecule has 0 radical (unpaired) electrons. The molecule has 15 heavy (non-hydrogen) atoms. The first kappa shape index (κ1) is 12.2. The van der Waals surface area contributed by atoms with Crippen molar-refractivity contribution >= 4 is 0 Å². The molecule has 0 bridgehead atoms. The molecule has 0 fully saturated rings. The molecule has 0 aromatic heterocycles. The maximum Gasteiger partial charge on any atom is 0.126 e. The van der Waals surface area contributed by atoms with E-state index in [1.54, 1.807) is 0 Å². The maximum absolute atomic E-state index is 13.4. The van der Waals surface area contributed by atoms with Gasteiger partial charge in [0.05, 0.1) is 0 Å². The van der Waals surface area contributed by atoms with Crippen molar-refractivity contribution in [3.05, 3.63) is 35.4 Å². The molecule has 0 heterocycles. The van der Waals surface area contributed by atoms with E-state index in [2.05, 4.69) is 13.8 Å². The largest absolute Gasteiger partial charge is 0.330 e. The lowest BCUT2D eigenvalue weighted by Crippen LogP contribution is -2.03. The molecule has 0 amide bonds. The number of rotatable bonds is 5. The Morgan fingerprint density at radius 3 is 2.27 bits per heavy atom. The fraction of sp³-hybridized carbons (Fsp3) is 0.538. The lowest BCUT2D eigenvalue weighted by atomic mass is 10.00. The van der Waals surface area contributed by atoms with E-state index in [1.165, 1.54) is 5.56 Å². The van der Waals surface area contributed by atoms with E-state index in [1.807, 2.05) is 24.3 Å². The van der Waals surface area contributed by atoms with Crippen molar-refractivity contribution in [1.82, 2.24) is 0 Å². The Balaban J connectivity index is 2.63. The van der Waals surface area contributed by atoms with Gasteiger partial charge in [0, 0.05) is 0 Å². The predicted molar refractivity (Wildman–Crippen MR) is 62.5 cm³/mol.